The SMILES string of the molecule is N#Cc1ccc(-c2c(-c3ccc(-c4nc(-c5ccccc5)nc(-c5cccc(-c6ccccc6)c5)n4)cc3)ccc3oc4ccccc4c23)cc1. The lowest BCUT2D eigenvalue weighted by Crippen LogP contribution is -2.00. The van der Waals surface area contributed by atoms with E-state index in [2.05, 4.69) is 66.7 Å². The van der Waals surface area contributed by atoms with E-state index in [4.69, 9.17) is 19.4 Å². The maximum Gasteiger partial charge on any atom is 0.164 e. The minimum Gasteiger partial charge on any atom is -0.456 e. The first kappa shape index (κ1) is 29.9. The van der Waals surface area contributed by atoms with E-state index in [0.29, 0.717) is 23.0 Å². The van der Waals surface area contributed by atoms with Crippen LogP contribution < -0.4 is 0 Å². The predicted octanol–water partition coefficient (Wildman–Crippen LogP) is 11.6. The number of hydrogen-bond acceptors (Lipinski definition) is 5. The van der Waals surface area contributed by atoms with Gasteiger partial charge >= 0.3 is 0 Å². The fourth-order valence-corrected chi connectivity index (χ4v) is 6.69. The minimum atomic E-state index is 0.596. The largest absolute Gasteiger partial charge is 0.456 e. The van der Waals surface area contributed by atoms with Gasteiger partial charge in [-0.3, -0.25) is 0 Å². The summed E-state index contributed by atoms with van der Waals surface area (Å²) in [5.74, 6) is 1.82. The van der Waals surface area contributed by atoms with Crippen LogP contribution in [0.4, 0.5) is 0 Å². The van der Waals surface area contributed by atoms with Crippen LogP contribution in [0.5, 0.6) is 0 Å². The minimum absolute atomic E-state index is 0.596. The standard InChI is InChI=1S/C46H28N4O/c47-29-30-18-20-33(21-19-30)42-38(26-27-41-43(42)39-16-7-8-17-40(39)51-41)32-22-24-35(25-23-32)45-48-44(34-12-5-2-6-13-34)49-46(50-45)37-15-9-14-36(28-37)31-10-3-1-4-11-31/h1-28H. The normalized spacial score (nSPS) is 11.1. The maximum atomic E-state index is 9.48. The third kappa shape index (κ3) is 5.61. The monoisotopic (exact) mass is 652 g/mol. The molecule has 0 spiro atoms. The Bertz CT molecular complexity index is 2730. The lowest BCUT2D eigenvalue weighted by Gasteiger charge is -2.13. The fourth-order valence-electron chi connectivity index (χ4n) is 6.69. The molecule has 0 aliphatic heterocycles. The Balaban J connectivity index is 1.17. The molecule has 0 N–H and O–H groups in total. The predicted molar refractivity (Wildman–Crippen MR) is 204 cm³/mol. The van der Waals surface area contributed by atoms with E-state index in [1.807, 2.05) is 109 Å². The molecule has 0 atom stereocenters. The van der Waals surface area contributed by atoms with Crippen LogP contribution in [0, 0.1) is 11.3 Å². The molecule has 0 saturated heterocycles. The van der Waals surface area contributed by atoms with Crippen molar-refractivity contribution in [2.24, 2.45) is 0 Å². The van der Waals surface area contributed by atoms with Gasteiger partial charge in [0, 0.05) is 33.0 Å². The number of benzene rings is 7. The van der Waals surface area contributed by atoms with E-state index >= 15 is 0 Å². The van der Waals surface area contributed by atoms with Gasteiger partial charge in [-0.1, -0.05) is 140 Å². The molecule has 51 heavy (non-hydrogen) atoms. The van der Waals surface area contributed by atoms with Crippen LogP contribution in [0.25, 0.3) is 89.5 Å². The van der Waals surface area contributed by atoms with E-state index in [1.54, 1.807) is 0 Å². The third-order valence-corrected chi connectivity index (χ3v) is 9.20. The zero-order valence-electron chi connectivity index (χ0n) is 27.4. The Hall–Kier alpha value is -7.16. The number of hydrogen-bond donors (Lipinski definition) is 0. The summed E-state index contributed by atoms with van der Waals surface area (Å²) in [4.78, 5) is 15.0. The van der Waals surface area contributed by atoms with Crippen LogP contribution in [0.15, 0.2) is 174 Å². The molecule has 0 bridgehead atoms. The van der Waals surface area contributed by atoms with Gasteiger partial charge in [0.05, 0.1) is 11.6 Å². The summed E-state index contributed by atoms with van der Waals surface area (Å²) in [6.45, 7) is 0. The molecular weight excluding hydrogens is 625 g/mol. The molecule has 0 saturated carbocycles. The second kappa shape index (κ2) is 12.7. The Labute approximate surface area is 294 Å². The van der Waals surface area contributed by atoms with E-state index in [1.165, 1.54) is 0 Å². The number of aromatic nitrogens is 3. The van der Waals surface area contributed by atoms with Gasteiger partial charge in [0.25, 0.3) is 0 Å². The highest BCUT2D eigenvalue weighted by Gasteiger charge is 2.19. The van der Waals surface area contributed by atoms with Gasteiger partial charge in [-0.05, 0) is 58.1 Å². The number of nitriles is 1. The van der Waals surface area contributed by atoms with Crippen LogP contribution >= 0.6 is 0 Å². The van der Waals surface area contributed by atoms with Crippen LogP contribution in [-0.2, 0) is 0 Å². The van der Waals surface area contributed by atoms with Crippen molar-refractivity contribution in [1.29, 1.82) is 5.26 Å². The van der Waals surface area contributed by atoms with Gasteiger partial charge in [-0.25, -0.2) is 15.0 Å². The Morgan fingerprint density at radius 2 is 0.961 bits per heavy atom. The number of furan rings is 1. The van der Waals surface area contributed by atoms with Crippen LogP contribution in [0.3, 0.4) is 0 Å². The van der Waals surface area contributed by atoms with Crippen molar-refractivity contribution >= 4 is 21.9 Å². The van der Waals surface area contributed by atoms with Crippen molar-refractivity contribution in [3.63, 3.8) is 0 Å². The first-order valence-corrected chi connectivity index (χ1v) is 16.7. The topological polar surface area (TPSA) is 75.6 Å². The molecule has 0 fully saturated rings. The average Bonchev–Trinajstić information content (AvgIpc) is 3.60. The highest BCUT2D eigenvalue weighted by molar-refractivity contribution is 6.15. The van der Waals surface area contributed by atoms with Gasteiger partial charge in [-0.2, -0.15) is 5.26 Å². The lowest BCUT2D eigenvalue weighted by molar-refractivity contribution is 0.669. The van der Waals surface area contributed by atoms with Crippen molar-refractivity contribution in [2.75, 3.05) is 0 Å². The van der Waals surface area contributed by atoms with Gasteiger partial charge in [0.2, 0.25) is 0 Å². The van der Waals surface area contributed by atoms with Gasteiger partial charge < -0.3 is 4.42 Å². The molecule has 9 aromatic rings. The summed E-state index contributed by atoms with van der Waals surface area (Å²) in [6, 6.07) is 59.3. The molecular formula is C46H28N4O. The summed E-state index contributed by atoms with van der Waals surface area (Å²) in [5.41, 5.74) is 11.4. The van der Waals surface area contributed by atoms with Crippen LogP contribution in [-0.4, -0.2) is 15.0 Å². The molecule has 9 rings (SSSR count). The zero-order chi connectivity index (χ0) is 34.1. The third-order valence-electron chi connectivity index (χ3n) is 9.20. The van der Waals surface area contributed by atoms with Crippen molar-refractivity contribution in [3.05, 3.63) is 175 Å². The average molecular weight is 653 g/mol. The van der Waals surface area contributed by atoms with Crippen molar-refractivity contribution in [3.8, 4) is 73.6 Å². The molecule has 7 aromatic carbocycles. The molecule has 2 aromatic heterocycles. The number of rotatable bonds is 6. The Morgan fingerprint density at radius 3 is 1.67 bits per heavy atom. The van der Waals surface area contributed by atoms with Gasteiger partial charge in [0.15, 0.2) is 17.5 Å². The van der Waals surface area contributed by atoms with E-state index in [0.717, 1.165) is 72.0 Å². The second-order valence-corrected chi connectivity index (χ2v) is 12.3. The van der Waals surface area contributed by atoms with Crippen LogP contribution in [0.1, 0.15) is 5.56 Å². The molecule has 0 amide bonds. The molecule has 5 nitrogen and oxygen atoms in total. The van der Waals surface area contributed by atoms with E-state index in [-0.39, 0.29) is 0 Å². The molecule has 238 valence electrons. The fraction of sp³-hybridized carbons (Fsp3) is 0. The molecule has 2 heterocycles. The maximum absolute atomic E-state index is 9.48. The van der Waals surface area contributed by atoms with Gasteiger partial charge in [0.1, 0.15) is 11.2 Å². The summed E-state index contributed by atoms with van der Waals surface area (Å²) < 4.78 is 6.28. The van der Waals surface area contributed by atoms with Crippen molar-refractivity contribution in [1.82, 2.24) is 15.0 Å². The summed E-state index contributed by atoms with van der Waals surface area (Å²) >= 11 is 0. The molecule has 0 radical (unpaired) electrons. The molecule has 5 heteroatoms. The smallest absolute Gasteiger partial charge is 0.164 e. The first-order valence-electron chi connectivity index (χ1n) is 16.7. The van der Waals surface area contributed by atoms with Crippen molar-refractivity contribution < 1.29 is 4.42 Å². The first-order chi connectivity index (χ1) is 25.2. The van der Waals surface area contributed by atoms with E-state index in [9.17, 15) is 5.26 Å². The lowest BCUT2D eigenvalue weighted by atomic mass is 9.90. The number of nitrogens with zero attached hydrogens (tertiary/aromatic N) is 4. The summed E-state index contributed by atoms with van der Waals surface area (Å²) in [7, 11) is 0. The highest BCUT2D eigenvalue weighted by Crippen LogP contribution is 2.43. The molecule has 0 aliphatic carbocycles. The molecule has 0 aliphatic rings. The van der Waals surface area contributed by atoms with Crippen molar-refractivity contribution in [2.45, 2.75) is 0 Å². The Morgan fingerprint density at radius 1 is 0.412 bits per heavy atom. The quantitative estimate of drug-likeness (QED) is 0.179. The van der Waals surface area contributed by atoms with Crippen LogP contribution in [0.2, 0.25) is 0 Å². The second-order valence-electron chi connectivity index (χ2n) is 12.3. The Kier molecular flexibility index (Phi) is 7.46. The highest BCUT2D eigenvalue weighted by atomic mass is 16.3. The van der Waals surface area contributed by atoms with Gasteiger partial charge in [-0.15, -0.1) is 0 Å². The zero-order valence-corrected chi connectivity index (χ0v) is 27.4. The summed E-state index contributed by atoms with van der Waals surface area (Å²) in [6.07, 6.45) is 0. The van der Waals surface area contributed by atoms with E-state index < -0.39 is 0 Å². The summed E-state index contributed by atoms with van der Waals surface area (Å²) in [5, 5.41) is 11.6. The number of fused-ring (bicyclic) bond motifs is 3. The molecule has 0 unspecified atom stereocenters. The number of para-hydroxylation sites is 1.